The third-order valence-electron chi connectivity index (χ3n) is 2.54. The summed E-state index contributed by atoms with van der Waals surface area (Å²) in [5.74, 6) is 0. The molecular formula is C12H10N4S. The van der Waals surface area contributed by atoms with Crippen LogP contribution in [0.5, 0.6) is 0 Å². The number of fused-ring (bicyclic) bond motifs is 1. The number of anilines is 1. The van der Waals surface area contributed by atoms with Crippen LogP contribution in [-0.4, -0.2) is 22.2 Å². The van der Waals surface area contributed by atoms with Gasteiger partial charge >= 0.3 is 0 Å². The van der Waals surface area contributed by atoms with Gasteiger partial charge in [-0.1, -0.05) is 35.6 Å². The largest absolute Gasteiger partial charge is 0.363 e. The van der Waals surface area contributed by atoms with Crippen molar-refractivity contribution in [1.82, 2.24) is 15.2 Å². The molecule has 0 saturated carbocycles. The van der Waals surface area contributed by atoms with E-state index in [0.717, 1.165) is 26.5 Å². The van der Waals surface area contributed by atoms with Crippen molar-refractivity contribution in [2.75, 3.05) is 12.4 Å². The van der Waals surface area contributed by atoms with Crippen LogP contribution in [0.2, 0.25) is 0 Å². The fraction of sp³-hybridized carbons (Fsp3) is 0.0833. The summed E-state index contributed by atoms with van der Waals surface area (Å²) in [7, 11) is 1.84. The first-order chi connectivity index (χ1) is 8.38. The van der Waals surface area contributed by atoms with E-state index < -0.39 is 0 Å². The van der Waals surface area contributed by atoms with E-state index in [1.807, 2.05) is 37.6 Å². The van der Waals surface area contributed by atoms with Crippen molar-refractivity contribution in [1.29, 1.82) is 0 Å². The van der Waals surface area contributed by atoms with Gasteiger partial charge in [-0.25, -0.2) is 0 Å². The van der Waals surface area contributed by atoms with Crippen molar-refractivity contribution >= 4 is 27.2 Å². The lowest BCUT2D eigenvalue weighted by molar-refractivity contribution is 1.09. The monoisotopic (exact) mass is 242 g/mol. The van der Waals surface area contributed by atoms with E-state index in [1.165, 1.54) is 11.3 Å². The summed E-state index contributed by atoms with van der Waals surface area (Å²) in [6.45, 7) is 0. The van der Waals surface area contributed by atoms with Gasteiger partial charge in [0.1, 0.15) is 0 Å². The topological polar surface area (TPSA) is 50.7 Å². The van der Waals surface area contributed by atoms with Gasteiger partial charge in [-0.05, 0) is 5.39 Å². The third kappa shape index (κ3) is 1.74. The Labute approximate surface area is 102 Å². The first-order valence-electron chi connectivity index (χ1n) is 5.23. The Bertz CT molecular complexity index is 657. The van der Waals surface area contributed by atoms with Gasteiger partial charge in [-0.2, -0.15) is 0 Å². The molecule has 1 N–H and O–H groups in total. The zero-order valence-corrected chi connectivity index (χ0v) is 10.0. The maximum atomic E-state index is 4.24. The summed E-state index contributed by atoms with van der Waals surface area (Å²) >= 11 is 1.53. The molecule has 3 rings (SSSR count). The highest BCUT2D eigenvalue weighted by Gasteiger charge is 2.09. The molecule has 2 heterocycles. The van der Waals surface area contributed by atoms with Crippen molar-refractivity contribution < 1.29 is 0 Å². The molecule has 84 valence electrons. The minimum Gasteiger partial charge on any atom is -0.363 e. The molecule has 0 radical (unpaired) electrons. The Balaban J connectivity index is 2.23. The van der Waals surface area contributed by atoms with Crippen molar-refractivity contribution in [2.45, 2.75) is 0 Å². The zero-order valence-electron chi connectivity index (χ0n) is 9.21. The molecule has 3 aromatic rings. The van der Waals surface area contributed by atoms with Gasteiger partial charge in [0, 0.05) is 30.4 Å². The van der Waals surface area contributed by atoms with E-state index in [-0.39, 0.29) is 0 Å². The van der Waals surface area contributed by atoms with Crippen molar-refractivity contribution in [3.05, 3.63) is 36.7 Å². The van der Waals surface area contributed by atoms with Crippen LogP contribution in [-0.2, 0) is 0 Å². The summed E-state index contributed by atoms with van der Waals surface area (Å²) in [5.41, 5.74) is 1.03. The number of benzene rings is 1. The summed E-state index contributed by atoms with van der Waals surface area (Å²) in [6, 6.07) is 8.15. The van der Waals surface area contributed by atoms with Gasteiger partial charge in [-0.3, -0.25) is 4.98 Å². The standard InChI is InChI=1S/C12H10N4S/c1-13-12-16-15-11(17-12)10-7-14-6-8-4-2-3-5-9(8)10/h2-7H,1H3,(H,13,16). The molecule has 5 heteroatoms. The Morgan fingerprint density at radius 3 is 2.82 bits per heavy atom. The highest BCUT2D eigenvalue weighted by atomic mass is 32.1. The summed E-state index contributed by atoms with van der Waals surface area (Å²) in [5, 5.41) is 15.2. The molecule has 2 aromatic heterocycles. The van der Waals surface area contributed by atoms with Crippen LogP contribution in [0.4, 0.5) is 5.13 Å². The van der Waals surface area contributed by atoms with E-state index in [1.54, 1.807) is 0 Å². The number of hydrogen-bond donors (Lipinski definition) is 1. The molecule has 17 heavy (non-hydrogen) atoms. The molecule has 0 spiro atoms. The maximum absolute atomic E-state index is 4.24. The number of pyridine rings is 1. The van der Waals surface area contributed by atoms with E-state index in [9.17, 15) is 0 Å². The lowest BCUT2D eigenvalue weighted by Crippen LogP contribution is -1.84. The average molecular weight is 242 g/mol. The number of nitrogens with zero attached hydrogens (tertiary/aromatic N) is 3. The van der Waals surface area contributed by atoms with Crippen molar-refractivity contribution in [3.8, 4) is 10.6 Å². The second kappa shape index (κ2) is 4.10. The minimum absolute atomic E-state index is 0.813. The molecule has 4 nitrogen and oxygen atoms in total. The van der Waals surface area contributed by atoms with Gasteiger partial charge in [0.2, 0.25) is 5.13 Å². The van der Waals surface area contributed by atoms with Crippen LogP contribution < -0.4 is 5.32 Å². The molecule has 1 aromatic carbocycles. The first-order valence-corrected chi connectivity index (χ1v) is 6.04. The molecule has 0 fully saturated rings. The van der Waals surface area contributed by atoms with Crippen LogP contribution in [0.3, 0.4) is 0 Å². The maximum Gasteiger partial charge on any atom is 0.205 e. The SMILES string of the molecule is CNc1nnc(-c2cncc3ccccc23)s1. The number of aromatic nitrogens is 3. The Morgan fingerprint density at radius 2 is 2.00 bits per heavy atom. The predicted octanol–water partition coefficient (Wildman–Crippen LogP) is 2.80. The minimum atomic E-state index is 0.813. The Morgan fingerprint density at radius 1 is 1.12 bits per heavy atom. The van der Waals surface area contributed by atoms with Crippen LogP contribution in [0.25, 0.3) is 21.3 Å². The predicted molar refractivity (Wildman–Crippen MR) is 70.2 cm³/mol. The molecule has 0 amide bonds. The van der Waals surface area contributed by atoms with Crippen molar-refractivity contribution in [2.24, 2.45) is 0 Å². The fourth-order valence-corrected chi connectivity index (χ4v) is 2.44. The van der Waals surface area contributed by atoms with Gasteiger partial charge in [0.05, 0.1) is 0 Å². The van der Waals surface area contributed by atoms with E-state index >= 15 is 0 Å². The molecule has 0 atom stereocenters. The number of hydrogen-bond acceptors (Lipinski definition) is 5. The second-order valence-electron chi connectivity index (χ2n) is 3.57. The number of nitrogens with one attached hydrogen (secondary N) is 1. The lowest BCUT2D eigenvalue weighted by Gasteiger charge is -2.01. The molecule has 0 aliphatic carbocycles. The van der Waals surface area contributed by atoms with E-state index in [2.05, 4.69) is 26.6 Å². The van der Waals surface area contributed by atoms with Gasteiger partial charge < -0.3 is 5.32 Å². The number of rotatable bonds is 2. The summed E-state index contributed by atoms with van der Waals surface area (Å²) in [6.07, 6.45) is 3.70. The van der Waals surface area contributed by atoms with Crippen molar-refractivity contribution in [3.63, 3.8) is 0 Å². The van der Waals surface area contributed by atoms with Crippen LogP contribution >= 0.6 is 11.3 Å². The first kappa shape index (κ1) is 10.2. The normalized spacial score (nSPS) is 10.6. The van der Waals surface area contributed by atoms with Gasteiger partial charge in [0.25, 0.3) is 0 Å². The van der Waals surface area contributed by atoms with E-state index in [4.69, 9.17) is 0 Å². The average Bonchev–Trinajstić information content (AvgIpc) is 2.87. The third-order valence-corrected chi connectivity index (χ3v) is 3.51. The van der Waals surface area contributed by atoms with Crippen LogP contribution in [0.15, 0.2) is 36.7 Å². The molecule has 0 aliphatic heterocycles. The van der Waals surface area contributed by atoms with Gasteiger partial charge in [0.15, 0.2) is 5.01 Å². The van der Waals surface area contributed by atoms with E-state index in [0.29, 0.717) is 0 Å². The van der Waals surface area contributed by atoms with Crippen LogP contribution in [0.1, 0.15) is 0 Å². The Hall–Kier alpha value is -2.01. The highest BCUT2D eigenvalue weighted by molar-refractivity contribution is 7.18. The van der Waals surface area contributed by atoms with Gasteiger partial charge in [-0.15, -0.1) is 10.2 Å². The second-order valence-corrected chi connectivity index (χ2v) is 4.55. The molecule has 0 unspecified atom stereocenters. The Kier molecular flexibility index (Phi) is 2.45. The van der Waals surface area contributed by atoms with Crippen LogP contribution in [0, 0.1) is 0 Å². The zero-order chi connectivity index (χ0) is 11.7. The smallest absolute Gasteiger partial charge is 0.205 e. The molecular weight excluding hydrogens is 232 g/mol. The lowest BCUT2D eigenvalue weighted by atomic mass is 10.1. The summed E-state index contributed by atoms with van der Waals surface area (Å²) in [4.78, 5) is 4.24. The molecule has 0 bridgehead atoms. The summed E-state index contributed by atoms with van der Waals surface area (Å²) < 4.78 is 0. The molecule has 0 saturated heterocycles. The quantitative estimate of drug-likeness (QED) is 0.750. The molecule has 0 aliphatic rings. The highest BCUT2D eigenvalue weighted by Crippen LogP contribution is 2.31. The fourth-order valence-electron chi connectivity index (χ4n) is 1.72.